The van der Waals surface area contributed by atoms with Crippen LogP contribution in [0.2, 0.25) is 0 Å². The van der Waals surface area contributed by atoms with E-state index in [1.165, 1.54) is 11.1 Å². The van der Waals surface area contributed by atoms with Crippen molar-refractivity contribution in [1.29, 1.82) is 0 Å². The second kappa shape index (κ2) is 7.78. The highest BCUT2D eigenvalue weighted by atomic mass is 16.5. The third-order valence-corrected chi connectivity index (χ3v) is 3.91. The van der Waals surface area contributed by atoms with Gasteiger partial charge in [0.2, 0.25) is 0 Å². The third kappa shape index (κ3) is 5.30. The predicted molar refractivity (Wildman–Crippen MR) is 83.9 cm³/mol. The van der Waals surface area contributed by atoms with E-state index in [1.54, 1.807) is 0 Å². The van der Waals surface area contributed by atoms with Crippen LogP contribution in [0.15, 0.2) is 18.2 Å². The summed E-state index contributed by atoms with van der Waals surface area (Å²) in [5, 5.41) is 10.2. The van der Waals surface area contributed by atoms with Crippen molar-refractivity contribution >= 4 is 0 Å². The molecular weight excluding hydrogens is 266 g/mol. The number of rotatable bonds is 5. The molecule has 0 spiro atoms. The standard InChI is InChI=1S/C17H27NO3/c1-13-8-14(2)10-17(9-13)21-12-16(19)11-18-5-7-20-6-4-15(18)3/h8-10,15-16,19H,4-7,11-12H2,1-3H3. The summed E-state index contributed by atoms with van der Waals surface area (Å²) < 4.78 is 11.2. The van der Waals surface area contributed by atoms with Crippen LogP contribution >= 0.6 is 0 Å². The van der Waals surface area contributed by atoms with E-state index in [0.717, 1.165) is 31.9 Å². The van der Waals surface area contributed by atoms with Crippen LogP contribution in [0.1, 0.15) is 24.5 Å². The zero-order valence-corrected chi connectivity index (χ0v) is 13.3. The molecule has 0 saturated carbocycles. The minimum Gasteiger partial charge on any atom is -0.491 e. The maximum absolute atomic E-state index is 10.2. The van der Waals surface area contributed by atoms with E-state index < -0.39 is 6.10 Å². The second-order valence-corrected chi connectivity index (χ2v) is 6.03. The Morgan fingerprint density at radius 3 is 2.71 bits per heavy atom. The number of benzene rings is 1. The zero-order chi connectivity index (χ0) is 15.2. The van der Waals surface area contributed by atoms with Gasteiger partial charge >= 0.3 is 0 Å². The van der Waals surface area contributed by atoms with Crippen LogP contribution in [0.4, 0.5) is 0 Å². The minimum absolute atomic E-state index is 0.326. The van der Waals surface area contributed by atoms with E-state index in [4.69, 9.17) is 9.47 Å². The number of β-amino-alcohol motifs (C(OH)–C–C–N with tert-alkyl or cyclic N) is 1. The molecule has 2 unspecified atom stereocenters. The molecule has 1 N–H and O–H groups in total. The maximum atomic E-state index is 10.2. The molecule has 0 aromatic heterocycles. The molecule has 4 nitrogen and oxygen atoms in total. The molecule has 2 atom stereocenters. The van der Waals surface area contributed by atoms with Crippen molar-refractivity contribution in [2.75, 3.05) is 32.9 Å². The Labute approximate surface area is 127 Å². The molecule has 1 fully saturated rings. The Bertz CT molecular complexity index is 429. The Kier molecular flexibility index (Phi) is 6.03. The van der Waals surface area contributed by atoms with Crippen LogP contribution in [-0.2, 0) is 4.74 Å². The number of aryl methyl sites for hydroxylation is 2. The number of hydrogen-bond donors (Lipinski definition) is 1. The van der Waals surface area contributed by atoms with Gasteiger partial charge in [0.15, 0.2) is 0 Å². The molecule has 1 aliphatic heterocycles. The summed E-state index contributed by atoms with van der Waals surface area (Å²) in [5.41, 5.74) is 2.36. The van der Waals surface area contributed by atoms with Crippen molar-refractivity contribution in [3.63, 3.8) is 0 Å². The predicted octanol–water partition coefficient (Wildman–Crippen LogP) is 2.15. The van der Waals surface area contributed by atoms with E-state index in [-0.39, 0.29) is 0 Å². The highest BCUT2D eigenvalue weighted by molar-refractivity contribution is 5.32. The molecule has 0 radical (unpaired) electrons. The van der Waals surface area contributed by atoms with Crippen LogP contribution in [-0.4, -0.2) is 55.1 Å². The molecule has 1 heterocycles. The first-order chi connectivity index (χ1) is 10.0. The average Bonchev–Trinajstić information content (AvgIpc) is 2.61. The SMILES string of the molecule is Cc1cc(C)cc(OCC(O)CN2CCOCCC2C)c1. The average molecular weight is 293 g/mol. The van der Waals surface area contributed by atoms with Gasteiger partial charge in [-0.05, 0) is 50.5 Å². The Morgan fingerprint density at radius 2 is 2.00 bits per heavy atom. The summed E-state index contributed by atoms with van der Waals surface area (Å²) in [5.74, 6) is 0.832. The van der Waals surface area contributed by atoms with Gasteiger partial charge in [-0.1, -0.05) is 6.07 Å². The molecule has 4 heteroatoms. The van der Waals surface area contributed by atoms with Crippen LogP contribution < -0.4 is 4.74 Å². The fourth-order valence-corrected chi connectivity index (χ4v) is 2.74. The van der Waals surface area contributed by atoms with Gasteiger partial charge in [-0.25, -0.2) is 0 Å². The van der Waals surface area contributed by atoms with Gasteiger partial charge in [0.1, 0.15) is 18.5 Å². The second-order valence-electron chi connectivity index (χ2n) is 6.03. The Morgan fingerprint density at radius 1 is 1.29 bits per heavy atom. The molecule has 118 valence electrons. The van der Waals surface area contributed by atoms with Crippen LogP contribution in [0.3, 0.4) is 0 Å². The summed E-state index contributed by atoms with van der Waals surface area (Å²) in [6, 6.07) is 6.57. The fourth-order valence-electron chi connectivity index (χ4n) is 2.74. The lowest BCUT2D eigenvalue weighted by atomic mass is 10.1. The van der Waals surface area contributed by atoms with Crippen LogP contribution in [0.25, 0.3) is 0 Å². The molecule has 1 aromatic rings. The first-order valence-corrected chi connectivity index (χ1v) is 7.75. The van der Waals surface area contributed by atoms with E-state index in [1.807, 2.05) is 12.1 Å². The van der Waals surface area contributed by atoms with E-state index in [2.05, 4.69) is 31.7 Å². The lowest BCUT2D eigenvalue weighted by Crippen LogP contribution is -2.41. The molecule has 1 aromatic carbocycles. The number of ether oxygens (including phenoxy) is 2. The Hall–Kier alpha value is -1.10. The van der Waals surface area contributed by atoms with Gasteiger partial charge in [0.25, 0.3) is 0 Å². The van der Waals surface area contributed by atoms with Gasteiger partial charge in [0, 0.05) is 25.7 Å². The smallest absolute Gasteiger partial charge is 0.119 e. The summed E-state index contributed by atoms with van der Waals surface area (Å²) in [6.07, 6.45) is 0.538. The normalized spacial score (nSPS) is 21.8. The molecule has 2 rings (SSSR count). The molecule has 0 bridgehead atoms. The minimum atomic E-state index is -0.480. The maximum Gasteiger partial charge on any atom is 0.119 e. The number of nitrogens with zero attached hydrogens (tertiary/aromatic N) is 1. The fraction of sp³-hybridized carbons (Fsp3) is 0.647. The summed E-state index contributed by atoms with van der Waals surface area (Å²) >= 11 is 0. The number of aliphatic hydroxyl groups excluding tert-OH is 1. The van der Waals surface area contributed by atoms with E-state index in [0.29, 0.717) is 19.2 Å². The van der Waals surface area contributed by atoms with Gasteiger partial charge in [-0.2, -0.15) is 0 Å². The highest BCUT2D eigenvalue weighted by Crippen LogP contribution is 2.16. The lowest BCUT2D eigenvalue weighted by Gasteiger charge is -2.28. The van der Waals surface area contributed by atoms with E-state index >= 15 is 0 Å². The van der Waals surface area contributed by atoms with Crippen molar-refractivity contribution < 1.29 is 14.6 Å². The van der Waals surface area contributed by atoms with Gasteiger partial charge in [-0.3, -0.25) is 4.90 Å². The molecule has 1 saturated heterocycles. The van der Waals surface area contributed by atoms with Crippen molar-refractivity contribution in [1.82, 2.24) is 4.90 Å². The van der Waals surface area contributed by atoms with Gasteiger partial charge < -0.3 is 14.6 Å². The quantitative estimate of drug-likeness (QED) is 0.903. The first kappa shape index (κ1) is 16.3. The van der Waals surface area contributed by atoms with Crippen molar-refractivity contribution in [2.24, 2.45) is 0 Å². The molecule has 21 heavy (non-hydrogen) atoms. The Balaban J connectivity index is 1.82. The van der Waals surface area contributed by atoms with Gasteiger partial charge in [0.05, 0.1) is 6.61 Å². The number of hydrogen-bond acceptors (Lipinski definition) is 4. The summed E-state index contributed by atoms with van der Waals surface area (Å²) in [4.78, 5) is 2.28. The van der Waals surface area contributed by atoms with Gasteiger partial charge in [-0.15, -0.1) is 0 Å². The molecule has 0 amide bonds. The van der Waals surface area contributed by atoms with Crippen LogP contribution in [0.5, 0.6) is 5.75 Å². The number of aliphatic hydroxyl groups is 1. The van der Waals surface area contributed by atoms with Crippen molar-refractivity contribution in [2.45, 2.75) is 39.3 Å². The van der Waals surface area contributed by atoms with Crippen molar-refractivity contribution in [3.8, 4) is 5.75 Å². The summed E-state index contributed by atoms with van der Waals surface area (Å²) in [6.45, 7) is 9.68. The monoisotopic (exact) mass is 293 g/mol. The molecule has 0 aliphatic carbocycles. The zero-order valence-electron chi connectivity index (χ0n) is 13.3. The molecular formula is C17H27NO3. The first-order valence-electron chi connectivity index (χ1n) is 7.75. The van der Waals surface area contributed by atoms with E-state index in [9.17, 15) is 5.11 Å². The van der Waals surface area contributed by atoms with Crippen molar-refractivity contribution in [3.05, 3.63) is 29.3 Å². The largest absolute Gasteiger partial charge is 0.491 e. The molecule has 1 aliphatic rings. The third-order valence-electron chi connectivity index (χ3n) is 3.91. The summed E-state index contributed by atoms with van der Waals surface area (Å²) in [7, 11) is 0. The topological polar surface area (TPSA) is 41.9 Å². The van der Waals surface area contributed by atoms with Crippen LogP contribution in [0, 0.1) is 13.8 Å². The lowest BCUT2D eigenvalue weighted by molar-refractivity contribution is 0.0543. The highest BCUT2D eigenvalue weighted by Gasteiger charge is 2.20.